The van der Waals surface area contributed by atoms with Gasteiger partial charge in [-0.05, 0) is 124 Å². The van der Waals surface area contributed by atoms with Crippen LogP contribution in [-0.4, -0.2) is 50.3 Å². The first-order chi connectivity index (χ1) is 33.3. The highest BCUT2D eigenvalue weighted by Crippen LogP contribution is 2.38. The number of benzene rings is 4. The van der Waals surface area contributed by atoms with E-state index in [0.29, 0.717) is 73.7 Å². The Morgan fingerprint density at radius 1 is 0.614 bits per heavy atom. The van der Waals surface area contributed by atoms with Gasteiger partial charge in [0.15, 0.2) is 0 Å². The summed E-state index contributed by atoms with van der Waals surface area (Å²) in [5.74, 6) is 1.69. The minimum atomic E-state index is -1.52. The molecule has 3 N–H and O–H groups in total. The molecule has 0 amide bonds. The molecule has 2 heterocycles. The highest BCUT2D eigenvalue weighted by molar-refractivity contribution is 6.32. The summed E-state index contributed by atoms with van der Waals surface area (Å²) in [6, 6.07) is 26.5. The lowest BCUT2D eigenvalue weighted by molar-refractivity contribution is -0.00732. The Morgan fingerprint density at radius 2 is 1.07 bits per heavy atom. The molecule has 0 bridgehead atoms. The lowest BCUT2D eigenvalue weighted by Crippen LogP contribution is -2.40. The van der Waals surface area contributed by atoms with E-state index in [9.17, 15) is 29.5 Å². The third-order valence-electron chi connectivity index (χ3n) is 11.9. The lowest BCUT2D eigenvalue weighted by atomic mass is 9.92. The average molecular weight is 993 g/mol. The first kappa shape index (κ1) is 53.0. The molecule has 6 rings (SSSR count). The molecule has 0 radical (unpaired) electrons. The van der Waals surface area contributed by atoms with Crippen molar-refractivity contribution in [2.45, 2.75) is 117 Å². The fraction of sp³-hybridized carbons (Fsp3) is 0.345. The number of ether oxygens (including phenoxy) is 4. The second-order valence-corrected chi connectivity index (χ2v) is 19.1. The Balaban J connectivity index is 1.19. The predicted molar refractivity (Wildman–Crippen MR) is 267 cm³/mol. The smallest absolute Gasteiger partial charge is 0.142 e. The van der Waals surface area contributed by atoms with Crippen molar-refractivity contribution in [2.75, 3.05) is 6.54 Å². The van der Waals surface area contributed by atoms with Crippen LogP contribution in [0.25, 0.3) is 11.1 Å². The minimum absolute atomic E-state index is 0.0956. The normalized spacial score (nSPS) is 12.4. The molecule has 0 saturated heterocycles. The van der Waals surface area contributed by atoms with Crippen LogP contribution in [0.4, 0.5) is 8.78 Å². The Kier molecular flexibility index (Phi) is 18.2. The number of nitriles is 2. The number of aliphatic hydroxyl groups is 2. The summed E-state index contributed by atoms with van der Waals surface area (Å²) in [6.07, 6.45) is 4.28. The second kappa shape index (κ2) is 24.0. The first-order valence-electron chi connectivity index (χ1n) is 22.8. The molecule has 11 nitrogen and oxygen atoms in total. The highest BCUT2D eigenvalue weighted by Gasteiger charge is 2.27. The van der Waals surface area contributed by atoms with Crippen molar-refractivity contribution in [3.8, 4) is 46.3 Å². The maximum absolute atomic E-state index is 14.7. The number of nitrogens with one attached hydrogen (secondary N) is 1. The topological polar surface area (TPSA) is 163 Å². The van der Waals surface area contributed by atoms with Gasteiger partial charge in [-0.15, -0.1) is 0 Å². The van der Waals surface area contributed by atoms with Crippen molar-refractivity contribution in [1.29, 1.82) is 10.5 Å². The van der Waals surface area contributed by atoms with Crippen LogP contribution in [0.1, 0.15) is 96.2 Å². The van der Waals surface area contributed by atoms with Crippen molar-refractivity contribution in [3.63, 3.8) is 0 Å². The largest absolute Gasteiger partial charge is 0.488 e. The summed E-state index contributed by atoms with van der Waals surface area (Å²) < 4.78 is 54.5. The van der Waals surface area contributed by atoms with E-state index < -0.39 is 23.5 Å². The predicted octanol–water partition coefficient (Wildman–Crippen LogP) is 11.8. The van der Waals surface area contributed by atoms with Crippen LogP contribution in [0.3, 0.4) is 0 Å². The van der Waals surface area contributed by atoms with Gasteiger partial charge in [-0.3, -0.25) is 9.97 Å². The van der Waals surface area contributed by atoms with Crippen LogP contribution < -0.4 is 24.3 Å². The van der Waals surface area contributed by atoms with Crippen LogP contribution in [0.2, 0.25) is 10.0 Å². The molecule has 2 atom stereocenters. The number of pyridine rings is 2. The second-order valence-electron chi connectivity index (χ2n) is 18.3. The van der Waals surface area contributed by atoms with Crippen molar-refractivity contribution in [3.05, 3.63) is 163 Å². The zero-order valence-electron chi connectivity index (χ0n) is 40.1. The Hall–Kier alpha value is -6.32. The van der Waals surface area contributed by atoms with Crippen molar-refractivity contribution in [1.82, 2.24) is 15.3 Å². The molecule has 0 fully saturated rings. The van der Waals surface area contributed by atoms with Gasteiger partial charge < -0.3 is 34.5 Å². The van der Waals surface area contributed by atoms with E-state index in [1.165, 1.54) is 40.1 Å². The van der Waals surface area contributed by atoms with Gasteiger partial charge in [-0.1, -0.05) is 59.6 Å². The maximum Gasteiger partial charge on any atom is 0.142 e. The fourth-order valence-corrected chi connectivity index (χ4v) is 8.02. The molecule has 6 aromatic rings. The van der Waals surface area contributed by atoms with Gasteiger partial charge in [0.25, 0.3) is 0 Å². The zero-order chi connectivity index (χ0) is 50.6. The molecule has 366 valence electrons. The van der Waals surface area contributed by atoms with Crippen LogP contribution in [0, 0.1) is 36.5 Å². The van der Waals surface area contributed by atoms with E-state index in [-0.39, 0.29) is 45.9 Å². The number of hydrogen-bond donors (Lipinski definition) is 3. The lowest BCUT2D eigenvalue weighted by Gasteiger charge is -2.23. The van der Waals surface area contributed by atoms with E-state index >= 15 is 0 Å². The number of aryl methyl sites for hydroxylation is 1. The fourth-order valence-electron chi connectivity index (χ4n) is 7.54. The van der Waals surface area contributed by atoms with Gasteiger partial charge in [0.2, 0.25) is 0 Å². The van der Waals surface area contributed by atoms with Crippen LogP contribution in [-0.2, 0) is 39.4 Å². The molecule has 4 aromatic carbocycles. The van der Waals surface area contributed by atoms with Crippen LogP contribution in [0.15, 0.2) is 97.6 Å². The molecule has 70 heavy (non-hydrogen) atoms. The molecular formula is C55H57Cl2F2N5O6. The summed E-state index contributed by atoms with van der Waals surface area (Å²) in [7, 11) is 0. The van der Waals surface area contributed by atoms with Gasteiger partial charge in [0, 0.05) is 66.7 Å². The number of alkyl halides is 2. The number of rotatable bonds is 23. The van der Waals surface area contributed by atoms with Crippen molar-refractivity contribution in [2.24, 2.45) is 0 Å². The van der Waals surface area contributed by atoms with E-state index in [4.69, 9.17) is 42.1 Å². The van der Waals surface area contributed by atoms with Gasteiger partial charge >= 0.3 is 0 Å². The molecule has 0 spiro atoms. The Labute approximate surface area is 418 Å². The van der Waals surface area contributed by atoms with E-state index in [1.807, 2.05) is 38.1 Å². The highest BCUT2D eigenvalue weighted by atomic mass is 35.5. The molecule has 0 aliphatic rings. The molecule has 0 unspecified atom stereocenters. The molecule has 15 heteroatoms. The SMILES string of the molecule is Cc1c(COc2cc(OCc3cncc(C#N)c3)c(CCC[C@@H](F)C(C)(C)O)cc2Cl)cccc1-c1cccc(COc2cc(OCc3cncc(C#N)c3)c(CNC[C@@H](F)C(C)(C)O)cc2Cl)c1C. The Morgan fingerprint density at radius 3 is 1.54 bits per heavy atom. The molecule has 0 aliphatic heterocycles. The van der Waals surface area contributed by atoms with Gasteiger partial charge in [0.05, 0.1) is 32.4 Å². The molecule has 2 aromatic heterocycles. The molecular weight excluding hydrogens is 936 g/mol. The number of nitrogens with zero attached hydrogens (tertiary/aromatic N) is 4. The Bertz CT molecular complexity index is 2660. The summed E-state index contributed by atoms with van der Waals surface area (Å²) >= 11 is 13.6. The van der Waals surface area contributed by atoms with Crippen LogP contribution in [0.5, 0.6) is 23.0 Å². The van der Waals surface area contributed by atoms with E-state index in [0.717, 1.165) is 38.9 Å². The van der Waals surface area contributed by atoms with Crippen LogP contribution >= 0.6 is 23.2 Å². The summed E-state index contributed by atoms with van der Waals surface area (Å²) in [4.78, 5) is 8.26. The quantitative estimate of drug-likeness (QED) is 0.0560. The van der Waals surface area contributed by atoms with Crippen molar-refractivity contribution >= 4 is 23.2 Å². The third kappa shape index (κ3) is 14.4. The van der Waals surface area contributed by atoms with E-state index in [1.54, 1.807) is 48.8 Å². The zero-order valence-corrected chi connectivity index (χ0v) is 41.6. The number of aromatic nitrogens is 2. The maximum atomic E-state index is 14.7. The van der Waals surface area contributed by atoms with Gasteiger partial charge in [-0.2, -0.15) is 10.5 Å². The third-order valence-corrected chi connectivity index (χ3v) is 12.5. The van der Waals surface area contributed by atoms with E-state index in [2.05, 4.69) is 39.6 Å². The first-order valence-corrected chi connectivity index (χ1v) is 23.5. The standard InChI is InChI=1S/C55H57Cl2F2N5O6/c1-34-41(32-69-50-20-48(67-30-38-16-36(22-60)24-62-26-38)40(18-46(50)56)10-9-15-52(58)54(3,4)65)11-7-13-44(34)45-14-8-12-42(35(45)2)33-70-51-21-49(68-31-39-17-37(23-61)25-63-27-39)43(19-47(51)57)28-64-29-53(59)55(5,6)66/h7-8,11-14,16-21,24-27,52-53,64-66H,9-10,15,28-33H2,1-6H3/t52-,53-/m1/s1. The number of hydrogen-bond acceptors (Lipinski definition) is 11. The molecule has 0 saturated carbocycles. The van der Waals surface area contributed by atoms with Gasteiger partial charge in [0.1, 0.15) is 73.9 Å². The minimum Gasteiger partial charge on any atom is -0.488 e. The summed E-state index contributed by atoms with van der Waals surface area (Å²) in [6.45, 7) is 10.5. The van der Waals surface area contributed by atoms with Crippen molar-refractivity contribution < 1.29 is 37.9 Å². The monoisotopic (exact) mass is 991 g/mol. The average Bonchev–Trinajstić information content (AvgIpc) is 3.33. The summed E-state index contributed by atoms with van der Waals surface area (Å²) in [5.41, 5.74) is 6.40. The van der Waals surface area contributed by atoms with Gasteiger partial charge in [-0.25, -0.2) is 8.78 Å². The summed E-state index contributed by atoms with van der Waals surface area (Å²) in [5, 5.41) is 42.7. The number of halogens is 4. The molecule has 0 aliphatic carbocycles.